The zero-order chi connectivity index (χ0) is 19.2. The number of nitrogens with zero attached hydrogens (tertiary/aromatic N) is 2. The van der Waals surface area contributed by atoms with E-state index in [0.717, 1.165) is 19.6 Å². The summed E-state index contributed by atoms with van der Waals surface area (Å²) in [6.07, 6.45) is 0.371. The number of hydrogen-bond donors (Lipinski definition) is 1. The van der Waals surface area contributed by atoms with Gasteiger partial charge in [0.1, 0.15) is 12.3 Å². The van der Waals surface area contributed by atoms with Gasteiger partial charge in [0, 0.05) is 38.2 Å². The van der Waals surface area contributed by atoms with Crippen LogP contribution in [-0.4, -0.2) is 75.0 Å². The van der Waals surface area contributed by atoms with Crippen molar-refractivity contribution >= 4 is 23.3 Å². The van der Waals surface area contributed by atoms with E-state index in [1.54, 1.807) is 25.1 Å². The van der Waals surface area contributed by atoms with Gasteiger partial charge in [-0.25, -0.2) is 0 Å². The lowest BCUT2D eigenvalue weighted by Gasteiger charge is -2.29. The second kappa shape index (κ2) is 8.96. The fraction of sp³-hybridized carbons (Fsp3) is 0.526. The predicted octanol–water partition coefficient (Wildman–Crippen LogP) is 0.453. The molecule has 146 valence electrons. The molecular weight excluding hydrogens is 350 g/mol. The van der Waals surface area contributed by atoms with Crippen molar-refractivity contribution in [2.24, 2.45) is 0 Å². The second-order valence-corrected chi connectivity index (χ2v) is 6.53. The Balaban J connectivity index is 1.61. The molecule has 0 spiro atoms. The third kappa shape index (κ3) is 4.84. The van der Waals surface area contributed by atoms with Crippen LogP contribution in [0.1, 0.15) is 23.7 Å². The Morgan fingerprint density at radius 3 is 2.74 bits per heavy atom. The highest BCUT2D eigenvalue weighted by atomic mass is 16.5. The molecule has 0 aliphatic carbocycles. The first-order valence-electron chi connectivity index (χ1n) is 9.25. The standard InChI is InChI=1S/C19H25N3O5/c1-2-16(23)14-3-4-17-15(11-14)22(19(25)13-27-17)12-18(24)20-5-6-21-7-9-26-10-8-21/h3-4,11H,2,5-10,12-13H2,1H3,(H,20,24). The third-order valence-corrected chi connectivity index (χ3v) is 4.70. The zero-order valence-electron chi connectivity index (χ0n) is 15.5. The predicted molar refractivity (Wildman–Crippen MR) is 99.2 cm³/mol. The van der Waals surface area contributed by atoms with Gasteiger partial charge < -0.3 is 14.8 Å². The summed E-state index contributed by atoms with van der Waals surface area (Å²) in [7, 11) is 0. The molecule has 8 heteroatoms. The van der Waals surface area contributed by atoms with E-state index in [0.29, 0.717) is 43.2 Å². The minimum Gasteiger partial charge on any atom is -0.482 e. The largest absolute Gasteiger partial charge is 0.482 e. The number of morpholine rings is 1. The lowest BCUT2D eigenvalue weighted by atomic mass is 10.1. The topological polar surface area (TPSA) is 88.2 Å². The Kier molecular flexibility index (Phi) is 6.41. The summed E-state index contributed by atoms with van der Waals surface area (Å²) in [5.41, 5.74) is 0.973. The molecule has 1 aromatic rings. The van der Waals surface area contributed by atoms with Crippen LogP contribution in [0.3, 0.4) is 0 Å². The fourth-order valence-corrected chi connectivity index (χ4v) is 3.13. The molecule has 0 aromatic heterocycles. The summed E-state index contributed by atoms with van der Waals surface area (Å²) in [5, 5.41) is 2.85. The molecule has 27 heavy (non-hydrogen) atoms. The lowest BCUT2D eigenvalue weighted by Crippen LogP contribution is -2.47. The summed E-state index contributed by atoms with van der Waals surface area (Å²) >= 11 is 0. The number of rotatable bonds is 7. The first-order valence-corrected chi connectivity index (χ1v) is 9.25. The Hall–Kier alpha value is -2.45. The number of carbonyl (C=O) groups excluding carboxylic acids is 3. The van der Waals surface area contributed by atoms with Gasteiger partial charge in [-0.1, -0.05) is 6.92 Å². The van der Waals surface area contributed by atoms with Crippen molar-refractivity contribution in [3.05, 3.63) is 23.8 Å². The molecule has 1 fully saturated rings. The quantitative estimate of drug-likeness (QED) is 0.697. The average molecular weight is 375 g/mol. The van der Waals surface area contributed by atoms with Crippen molar-refractivity contribution in [1.82, 2.24) is 10.2 Å². The first-order chi connectivity index (χ1) is 13.1. The average Bonchev–Trinajstić information content (AvgIpc) is 2.70. The highest BCUT2D eigenvalue weighted by Crippen LogP contribution is 2.33. The smallest absolute Gasteiger partial charge is 0.265 e. The van der Waals surface area contributed by atoms with Crippen molar-refractivity contribution in [2.45, 2.75) is 13.3 Å². The van der Waals surface area contributed by atoms with E-state index in [2.05, 4.69) is 10.2 Å². The molecule has 8 nitrogen and oxygen atoms in total. The maximum absolute atomic E-state index is 12.3. The zero-order valence-corrected chi connectivity index (χ0v) is 15.5. The molecule has 1 N–H and O–H groups in total. The number of anilines is 1. The molecule has 0 atom stereocenters. The van der Waals surface area contributed by atoms with Gasteiger partial charge in [-0.05, 0) is 18.2 Å². The molecule has 2 aliphatic heterocycles. The van der Waals surface area contributed by atoms with E-state index in [-0.39, 0.29) is 30.7 Å². The number of Topliss-reactive ketones (excluding diaryl/α,β-unsaturated/α-hetero) is 1. The highest BCUT2D eigenvalue weighted by Gasteiger charge is 2.28. The maximum Gasteiger partial charge on any atom is 0.265 e. The summed E-state index contributed by atoms with van der Waals surface area (Å²) in [5.74, 6) is -0.0577. The molecule has 2 heterocycles. The van der Waals surface area contributed by atoms with Crippen molar-refractivity contribution in [1.29, 1.82) is 0 Å². The van der Waals surface area contributed by atoms with Crippen LogP contribution in [0.2, 0.25) is 0 Å². The monoisotopic (exact) mass is 375 g/mol. The van der Waals surface area contributed by atoms with E-state index in [1.807, 2.05) is 0 Å². The van der Waals surface area contributed by atoms with E-state index >= 15 is 0 Å². The minimum atomic E-state index is -0.299. The highest BCUT2D eigenvalue weighted by molar-refractivity contribution is 6.04. The van der Waals surface area contributed by atoms with Gasteiger partial charge in [0.15, 0.2) is 12.4 Å². The van der Waals surface area contributed by atoms with Crippen molar-refractivity contribution in [2.75, 3.05) is 57.4 Å². The van der Waals surface area contributed by atoms with Crippen LogP contribution < -0.4 is 15.0 Å². The van der Waals surface area contributed by atoms with E-state index in [1.165, 1.54) is 4.90 Å². The van der Waals surface area contributed by atoms with Crippen LogP contribution in [0.5, 0.6) is 5.75 Å². The molecule has 0 unspecified atom stereocenters. The molecule has 0 radical (unpaired) electrons. The number of benzene rings is 1. The van der Waals surface area contributed by atoms with Crippen LogP contribution in [0.15, 0.2) is 18.2 Å². The van der Waals surface area contributed by atoms with Gasteiger partial charge in [-0.2, -0.15) is 0 Å². The Morgan fingerprint density at radius 2 is 2.00 bits per heavy atom. The molecule has 1 aromatic carbocycles. The SMILES string of the molecule is CCC(=O)c1ccc2c(c1)N(CC(=O)NCCN1CCOCC1)C(=O)CO2. The van der Waals surface area contributed by atoms with Gasteiger partial charge >= 0.3 is 0 Å². The first kappa shape index (κ1) is 19.3. The molecule has 0 saturated carbocycles. The number of nitrogens with one attached hydrogen (secondary N) is 1. The van der Waals surface area contributed by atoms with Gasteiger partial charge in [-0.15, -0.1) is 0 Å². The summed E-state index contributed by atoms with van der Waals surface area (Å²) in [6, 6.07) is 4.98. The van der Waals surface area contributed by atoms with E-state index in [4.69, 9.17) is 9.47 Å². The normalized spacial score (nSPS) is 17.2. The third-order valence-electron chi connectivity index (χ3n) is 4.70. The summed E-state index contributed by atoms with van der Waals surface area (Å²) < 4.78 is 10.7. The molecule has 2 aliphatic rings. The number of carbonyl (C=O) groups is 3. The maximum atomic E-state index is 12.3. The van der Waals surface area contributed by atoms with Crippen molar-refractivity contribution in [3.8, 4) is 5.75 Å². The minimum absolute atomic E-state index is 0.0225. The number of amides is 2. The van der Waals surface area contributed by atoms with Crippen LogP contribution in [0, 0.1) is 0 Å². The van der Waals surface area contributed by atoms with Crippen molar-refractivity contribution in [3.63, 3.8) is 0 Å². The van der Waals surface area contributed by atoms with Crippen LogP contribution >= 0.6 is 0 Å². The molecule has 0 bridgehead atoms. The van der Waals surface area contributed by atoms with Gasteiger partial charge in [0.25, 0.3) is 5.91 Å². The van der Waals surface area contributed by atoms with E-state index < -0.39 is 0 Å². The molecule has 2 amide bonds. The lowest BCUT2D eigenvalue weighted by molar-refractivity contribution is -0.125. The molecule has 3 rings (SSSR count). The number of fused-ring (bicyclic) bond motifs is 1. The summed E-state index contributed by atoms with van der Waals surface area (Å²) in [6.45, 7) is 5.98. The number of ether oxygens (including phenoxy) is 2. The molecular formula is C19H25N3O5. The van der Waals surface area contributed by atoms with E-state index in [9.17, 15) is 14.4 Å². The van der Waals surface area contributed by atoms with Crippen LogP contribution in [-0.2, 0) is 14.3 Å². The number of hydrogen-bond acceptors (Lipinski definition) is 6. The fourth-order valence-electron chi connectivity index (χ4n) is 3.13. The van der Waals surface area contributed by atoms with Gasteiger partial charge in [-0.3, -0.25) is 24.2 Å². The Bertz CT molecular complexity index is 715. The Labute approximate surface area is 158 Å². The van der Waals surface area contributed by atoms with Crippen LogP contribution in [0.25, 0.3) is 0 Å². The number of ketones is 1. The van der Waals surface area contributed by atoms with Gasteiger partial charge in [0.2, 0.25) is 5.91 Å². The van der Waals surface area contributed by atoms with Gasteiger partial charge in [0.05, 0.1) is 18.9 Å². The van der Waals surface area contributed by atoms with Crippen LogP contribution in [0.4, 0.5) is 5.69 Å². The molecule has 1 saturated heterocycles. The Morgan fingerprint density at radius 1 is 1.22 bits per heavy atom. The summed E-state index contributed by atoms with van der Waals surface area (Å²) in [4.78, 5) is 40.2. The second-order valence-electron chi connectivity index (χ2n) is 6.53. The van der Waals surface area contributed by atoms with Crippen molar-refractivity contribution < 1.29 is 23.9 Å².